The van der Waals surface area contributed by atoms with E-state index in [1.54, 1.807) is 10.9 Å². The van der Waals surface area contributed by atoms with E-state index in [0.717, 1.165) is 25.7 Å². The van der Waals surface area contributed by atoms with Gasteiger partial charge in [-0.2, -0.15) is 10.4 Å². The van der Waals surface area contributed by atoms with Crippen molar-refractivity contribution in [1.29, 1.82) is 5.26 Å². The molecule has 3 N–H and O–H groups in total. The second-order valence-electron chi connectivity index (χ2n) is 8.31. The molecule has 28 heavy (non-hydrogen) atoms. The van der Waals surface area contributed by atoms with Gasteiger partial charge in [0.05, 0.1) is 18.0 Å². The summed E-state index contributed by atoms with van der Waals surface area (Å²) in [6.45, 7) is 0.974. The highest BCUT2D eigenvalue weighted by Gasteiger charge is 2.42. The number of nitrogens with one attached hydrogen (secondary N) is 1. The minimum atomic E-state index is -0.729. The first-order valence-corrected chi connectivity index (χ1v) is 9.88. The summed E-state index contributed by atoms with van der Waals surface area (Å²) >= 11 is 0. The maximum atomic E-state index is 13.2. The van der Waals surface area contributed by atoms with Crippen molar-refractivity contribution in [3.05, 3.63) is 11.8 Å². The Balaban J connectivity index is 1.55. The number of nitrogens with two attached hydrogens (primary N) is 1. The highest BCUT2D eigenvalue weighted by molar-refractivity contribution is 6.02. The Bertz CT molecular complexity index is 813. The lowest BCUT2D eigenvalue weighted by atomic mass is 9.76. The first-order valence-electron chi connectivity index (χ1n) is 9.88. The van der Waals surface area contributed by atoms with Crippen LogP contribution in [0.25, 0.3) is 0 Å². The zero-order valence-electron chi connectivity index (χ0n) is 15.7. The van der Waals surface area contributed by atoms with Crippen molar-refractivity contribution >= 4 is 17.6 Å². The quantitative estimate of drug-likeness (QED) is 0.766. The van der Waals surface area contributed by atoms with Crippen LogP contribution in [-0.2, 0) is 10.3 Å². The number of carbonyl (C=O) groups is 2. The molecule has 2 amide bonds. The Hall–Kier alpha value is -2.47. The molecule has 1 saturated heterocycles. The van der Waals surface area contributed by atoms with Crippen molar-refractivity contribution < 1.29 is 14.0 Å². The molecule has 1 aromatic heterocycles. The van der Waals surface area contributed by atoms with E-state index in [0.29, 0.717) is 32.0 Å². The summed E-state index contributed by atoms with van der Waals surface area (Å²) in [5, 5.41) is 16.6. The number of amides is 2. The van der Waals surface area contributed by atoms with Crippen molar-refractivity contribution in [2.24, 2.45) is 11.7 Å². The van der Waals surface area contributed by atoms with Crippen LogP contribution in [0.4, 0.5) is 10.2 Å². The van der Waals surface area contributed by atoms with Crippen molar-refractivity contribution in [1.82, 2.24) is 14.7 Å². The molecule has 0 aromatic carbocycles. The smallest absolute Gasteiger partial charge is 0.254 e. The Labute approximate surface area is 162 Å². The van der Waals surface area contributed by atoms with Crippen LogP contribution in [0.3, 0.4) is 0 Å². The number of rotatable bonds is 6. The van der Waals surface area contributed by atoms with Crippen molar-refractivity contribution in [3.8, 4) is 6.07 Å². The Kier molecular flexibility index (Phi) is 4.83. The summed E-state index contributed by atoms with van der Waals surface area (Å²) in [7, 11) is 0. The van der Waals surface area contributed by atoms with Crippen molar-refractivity contribution in [2.75, 3.05) is 18.4 Å². The van der Waals surface area contributed by atoms with Crippen LogP contribution in [0.1, 0.15) is 55.3 Å². The predicted molar refractivity (Wildman–Crippen MR) is 99.0 cm³/mol. The Morgan fingerprint density at radius 2 is 2.00 bits per heavy atom. The zero-order valence-corrected chi connectivity index (χ0v) is 15.7. The van der Waals surface area contributed by atoms with E-state index in [1.165, 1.54) is 0 Å². The van der Waals surface area contributed by atoms with Crippen LogP contribution in [0, 0.1) is 17.2 Å². The molecule has 0 radical (unpaired) electrons. The van der Waals surface area contributed by atoms with Gasteiger partial charge in [0, 0.05) is 31.2 Å². The molecule has 0 atom stereocenters. The summed E-state index contributed by atoms with van der Waals surface area (Å²) in [5.41, 5.74) is 5.11. The zero-order chi connectivity index (χ0) is 19.9. The number of hydrogen-bond acceptors (Lipinski definition) is 5. The standard InChI is InChI=1S/C19H25FN6O2/c20-13-9-25(10-13)14-3-5-19(6-4-14,7-8-21)26-11-15(16(22)27)17(24-26)23-18(28)12-1-2-12/h11-14H,1-7,9-10H2,(H2,22,27)(H,23,24,28)/t14-,19-. The molecule has 150 valence electrons. The van der Waals surface area contributed by atoms with Gasteiger partial charge in [-0.3, -0.25) is 19.2 Å². The Morgan fingerprint density at radius 1 is 1.32 bits per heavy atom. The van der Waals surface area contributed by atoms with E-state index >= 15 is 0 Å². The summed E-state index contributed by atoms with van der Waals surface area (Å²) < 4.78 is 14.8. The second-order valence-corrected chi connectivity index (χ2v) is 8.31. The third kappa shape index (κ3) is 3.49. The number of hydrogen-bond donors (Lipinski definition) is 2. The molecule has 3 fully saturated rings. The van der Waals surface area contributed by atoms with E-state index in [2.05, 4.69) is 21.4 Å². The number of likely N-dealkylation sites (tertiary alicyclic amines) is 1. The summed E-state index contributed by atoms with van der Waals surface area (Å²) in [4.78, 5) is 26.2. The highest BCUT2D eigenvalue weighted by atomic mass is 19.1. The molecule has 0 spiro atoms. The fraction of sp³-hybridized carbons (Fsp3) is 0.684. The van der Waals surface area contributed by atoms with Crippen molar-refractivity contribution in [2.45, 2.75) is 62.7 Å². The number of anilines is 1. The van der Waals surface area contributed by atoms with E-state index < -0.39 is 17.6 Å². The number of nitriles is 1. The minimum Gasteiger partial charge on any atom is -0.365 e. The Morgan fingerprint density at radius 3 is 2.54 bits per heavy atom. The summed E-state index contributed by atoms with van der Waals surface area (Å²) in [6.07, 6.45) is 5.85. The number of primary amides is 1. The molecule has 8 nitrogen and oxygen atoms in total. The first-order chi connectivity index (χ1) is 13.4. The third-order valence-corrected chi connectivity index (χ3v) is 6.33. The lowest BCUT2D eigenvalue weighted by molar-refractivity contribution is -0.117. The molecule has 2 heterocycles. The first kappa shape index (κ1) is 18.9. The molecule has 4 rings (SSSR count). The molecule has 1 aliphatic heterocycles. The molecular weight excluding hydrogens is 363 g/mol. The van der Waals surface area contributed by atoms with Gasteiger partial charge in [-0.05, 0) is 38.5 Å². The predicted octanol–water partition coefficient (Wildman–Crippen LogP) is 1.54. The number of halogens is 1. The van der Waals surface area contributed by atoms with E-state index in [9.17, 15) is 19.2 Å². The van der Waals surface area contributed by atoms with E-state index in [4.69, 9.17) is 5.73 Å². The molecule has 2 saturated carbocycles. The van der Waals surface area contributed by atoms with Crippen molar-refractivity contribution in [3.63, 3.8) is 0 Å². The molecule has 0 bridgehead atoms. The lowest BCUT2D eigenvalue weighted by Crippen LogP contribution is -2.55. The van der Waals surface area contributed by atoms with Crippen LogP contribution in [-0.4, -0.2) is 51.8 Å². The summed E-state index contributed by atoms with van der Waals surface area (Å²) in [5.74, 6) is -0.658. The highest BCUT2D eigenvalue weighted by Crippen LogP contribution is 2.41. The van der Waals surface area contributed by atoms with Gasteiger partial charge in [0.25, 0.3) is 5.91 Å². The van der Waals surface area contributed by atoms with Crippen LogP contribution in [0.2, 0.25) is 0 Å². The fourth-order valence-electron chi connectivity index (χ4n) is 4.35. The molecule has 0 unspecified atom stereocenters. The van der Waals surface area contributed by atoms with Crippen LogP contribution in [0.15, 0.2) is 6.20 Å². The van der Waals surface area contributed by atoms with Crippen LogP contribution >= 0.6 is 0 Å². The normalized spacial score (nSPS) is 28.4. The van der Waals surface area contributed by atoms with Gasteiger partial charge in [-0.15, -0.1) is 0 Å². The van der Waals surface area contributed by atoms with Gasteiger partial charge in [-0.25, -0.2) is 4.39 Å². The molecule has 9 heteroatoms. The van der Waals surface area contributed by atoms with E-state index in [-0.39, 0.29) is 29.6 Å². The lowest BCUT2D eigenvalue weighted by Gasteiger charge is -2.46. The van der Waals surface area contributed by atoms with Gasteiger partial charge in [0.1, 0.15) is 11.7 Å². The topological polar surface area (TPSA) is 117 Å². The number of alkyl halides is 1. The van der Waals surface area contributed by atoms with Crippen LogP contribution < -0.4 is 11.1 Å². The fourth-order valence-corrected chi connectivity index (χ4v) is 4.35. The number of nitrogens with zero attached hydrogens (tertiary/aromatic N) is 4. The monoisotopic (exact) mass is 388 g/mol. The third-order valence-electron chi connectivity index (χ3n) is 6.33. The maximum absolute atomic E-state index is 13.2. The average Bonchev–Trinajstić information content (AvgIpc) is 3.40. The van der Waals surface area contributed by atoms with Gasteiger partial charge < -0.3 is 11.1 Å². The average molecular weight is 388 g/mol. The minimum absolute atomic E-state index is 0.0229. The largest absolute Gasteiger partial charge is 0.365 e. The summed E-state index contributed by atoms with van der Waals surface area (Å²) in [6, 6.07) is 2.56. The van der Waals surface area contributed by atoms with Crippen LogP contribution in [0.5, 0.6) is 0 Å². The van der Waals surface area contributed by atoms with Gasteiger partial charge in [0.2, 0.25) is 5.91 Å². The number of aromatic nitrogens is 2. The molecule has 1 aromatic rings. The van der Waals surface area contributed by atoms with Gasteiger partial charge in [0.15, 0.2) is 5.82 Å². The van der Waals surface area contributed by atoms with E-state index in [1.807, 2.05) is 0 Å². The molecule has 2 aliphatic carbocycles. The number of carbonyl (C=O) groups excluding carboxylic acids is 2. The van der Waals surface area contributed by atoms with Gasteiger partial charge in [-0.1, -0.05) is 0 Å². The van der Waals surface area contributed by atoms with Gasteiger partial charge >= 0.3 is 0 Å². The maximum Gasteiger partial charge on any atom is 0.254 e. The second kappa shape index (κ2) is 7.17. The SMILES string of the molecule is N#CC[C@]1(n2cc(C(N)=O)c(NC(=O)C3CC3)n2)CC[C@H](N2CC(F)C2)CC1. The molecule has 3 aliphatic rings. The molecular formula is C19H25FN6O2.